The minimum Gasteiger partial charge on any atom is -0.352 e. The van der Waals surface area contributed by atoms with Gasteiger partial charge in [-0.2, -0.15) is 0 Å². The van der Waals surface area contributed by atoms with E-state index in [1.807, 2.05) is 6.20 Å². The van der Waals surface area contributed by atoms with Crippen LogP contribution >= 0.6 is 0 Å². The largest absolute Gasteiger partial charge is 0.352 e. The van der Waals surface area contributed by atoms with Gasteiger partial charge in [0.15, 0.2) is 0 Å². The number of aromatic amines is 1. The van der Waals surface area contributed by atoms with Crippen molar-refractivity contribution >= 4 is 5.91 Å². The Bertz CT molecular complexity index is 439. The fourth-order valence-corrected chi connectivity index (χ4v) is 3.65. The van der Waals surface area contributed by atoms with Crippen molar-refractivity contribution in [2.24, 2.45) is 0 Å². The lowest BCUT2D eigenvalue weighted by Gasteiger charge is -2.34. The van der Waals surface area contributed by atoms with Crippen LogP contribution in [0.15, 0.2) is 12.4 Å². The van der Waals surface area contributed by atoms with Crippen molar-refractivity contribution in [1.82, 2.24) is 20.2 Å². The monoisotopic (exact) mass is 290 g/mol. The zero-order valence-electron chi connectivity index (χ0n) is 12.7. The minimum atomic E-state index is 0.181. The molecule has 1 aromatic heterocycles. The van der Waals surface area contributed by atoms with Crippen molar-refractivity contribution in [1.29, 1.82) is 0 Å². The van der Waals surface area contributed by atoms with E-state index in [9.17, 15) is 4.79 Å². The van der Waals surface area contributed by atoms with Crippen LogP contribution < -0.4 is 5.32 Å². The standard InChI is InChI=1S/C16H26N4O/c21-15(19-13-6-2-1-3-7-13)12-20-11-5-4-8-14(20)16-17-9-10-18-16/h9-10,13-14H,1-8,11-12H2,(H,17,18)(H,19,21)/t14-/m1/s1. The smallest absolute Gasteiger partial charge is 0.234 e. The van der Waals surface area contributed by atoms with Crippen LogP contribution in [0.4, 0.5) is 0 Å². The molecule has 0 radical (unpaired) electrons. The van der Waals surface area contributed by atoms with Gasteiger partial charge in [0.1, 0.15) is 5.82 Å². The zero-order chi connectivity index (χ0) is 14.5. The van der Waals surface area contributed by atoms with Crippen LogP contribution in [0.1, 0.15) is 63.2 Å². The fraction of sp³-hybridized carbons (Fsp3) is 0.750. The molecule has 0 spiro atoms. The van der Waals surface area contributed by atoms with Crippen molar-refractivity contribution in [3.63, 3.8) is 0 Å². The molecule has 2 fully saturated rings. The molecule has 0 aromatic carbocycles. The van der Waals surface area contributed by atoms with Crippen molar-refractivity contribution in [3.05, 3.63) is 18.2 Å². The van der Waals surface area contributed by atoms with Gasteiger partial charge in [0.2, 0.25) is 5.91 Å². The highest BCUT2D eigenvalue weighted by Gasteiger charge is 2.27. The van der Waals surface area contributed by atoms with E-state index >= 15 is 0 Å². The number of carbonyl (C=O) groups is 1. The molecule has 21 heavy (non-hydrogen) atoms. The molecular formula is C16H26N4O. The number of carbonyl (C=O) groups excluding carboxylic acids is 1. The van der Waals surface area contributed by atoms with E-state index in [1.54, 1.807) is 6.20 Å². The third-order valence-electron chi connectivity index (χ3n) is 4.77. The lowest BCUT2D eigenvalue weighted by atomic mass is 9.95. The highest BCUT2D eigenvalue weighted by Crippen LogP contribution is 2.28. The number of likely N-dealkylation sites (tertiary alicyclic amines) is 1. The number of nitrogens with zero attached hydrogens (tertiary/aromatic N) is 2. The Hall–Kier alpha value is -1.36. The summed E-state index contributed by atoms with van der Waals surface area (Å²) < 4.78 is 0. The first-order valence-electron chi connectivity index (χ1n) is 8.35. The van der Waals surface area contributed by atoms with Gasteiger partial charge in [0.05, 0.1) is 12.6 Å². The quantitative estimate of drug-likeness (QED) is 0.895. The normalized spacial score (nSPS) is 24.9. The molecule has 2 N–H and O–H groups in total. The molecule has 0 bridgehead atoms. The molecule has 1 aliphatic heterocycles. The molecule has 0 unspecified atom stereocenters. The second-order valence-electron chi connectivity index (χ2n) is 6.36. The number of nitrogens with one attached hydrogen (secondary N) is 2. The van der Waals surface area contributed by atoms with Gasteiger partial charge in [-0.05, 0) is 32.2 Å². The van der Waals surface area contributed by atoms with Crippen molar-refractivity contribution in [2.75, 3.05) is 13.1 Å². The van der Waals surface area contributed by atoms with E-state index in [1.165, 1.54) is 32.1 Å². The maximum atomic E-state index is 12.3. The first-order chi connectivity index (χ1) is 10.3. The molecule has 1 amide bonds. The van der Waals surface area contributed by atoms with Gasteiger partial charge in [-0.1, -0.05) is 25.7 Å². The summed E-state index contributed by atoms with van der Waals surface area (Å²) in [6.07, 6.45) is 13.3. The molecule has 1 saturated heterocycles. The van der Waals surface area contributed by atoms with Gasteiger partial charge in [0, 0.05) is 18.4 Å². The van der Waals surface area contributed by atoms with Crippen LogP contribution in [-0.2, 0) is 4.79 Å². The highest BCUT2D eigenvalue weighted by molar-refractivity contribution is 5.78. The van der Waals surface area contributed by atoms with Gasteiger partial charge < -0.3 is 10.3 Å². The number of piperidine rings is 1. The van der Waals surface area contributed by atoms with Crippen molar-refractivity contribution in [3.8, 4) is 0 Å². The third kappa shape index (κ3) is 3.84. The topological polar surface area (TPSA) is 61.0 Å². The summed E-state index contributed by atoms with van der Waals surface area (Å²) in [7, 11) is 0. The Balaban J connectivity index is 1.55. The maximum Gasteiger partial charge on any atom is 0.234 e. The number of H-pyrrole nitrogens is 1. The molecule has 3 rings (SSSR count). The van der Waals surface area contributed by atoms with Crippen LogP contribution in [0.3, 0.4) is 0 Å². The summed E-state index contributed by atoms with van der Waals surface area (Å²) in [5, 5.41) is 3.22. The molecule has 5 nitrogen and oxygen atoms in total. The van der Waals surface area contributed by atoms with Crippen LogP contribution in [0.25, 0.3) is 0 Å². The molecule has 116 valence electrons. The van der Waals surface area contributed by atoms with E-state index in [2.05, 4.69) is 20.2 Å². The second-order valence-corrected chi connectivity index (χ2v) is 6.36. The molecule has 1 aromatic rings. The van der Waals surface area contributed by atoms with Crippen molar-refractivity contribution in [2.45, 2.75) is 63.5 Å². The van der Waals surface area contributed by atoms with Crippen LogP contribution in [0.2, 0.25) is 0 Å². The predicted octanol–water partition coefficient (Wildman–Crippen LogP) is 2.39. The lowest BCUT2D eigenvalue weighted by molar-refractivity contribution is -0.124. The first-order valence-corrected chi connectivity index (χ1v) is 8.35. The maximum absolute atomic E-state index is 12.3. The third-order valence-corrected chi connectivity index (χ3v) is 4.77. The molecule has 1 saturated carbocycles. The van der Waals surface area contributed by atoms with Gasteiger partial charge in [-0.3, -0.25) is 9.69 Å². The number of aromatic nitrogens is 2. The van der Waals surface area contributed by atoms with Gasteiger partial charge in [0.25, 0.3) is 0 Å². The van der Waals surface area contributed by atoms with Crippen molar-refractivity contribution < 1.29 is 4.79 Å². The molecule has 2 heterocycles. The van der Waals surface area contributed by atoms with E-state index in [-0.39, 0.29) is 11.9 Å². The summed E-state index contributed by atoms with van der Waals surface area (Å²) in [5.41, 5.74) is 0. The molecule has 5 heteroatoms. The number of hydrogen-bond donors (Lipinski definition) is 2. The average Bonchev–Trinajstić information content (AvgIpc) is 3.03. The van der Waals surface area contributed by atoms with Gasteiger partial charge in [-0.25, -0.2) is 4.98 Å². The number of amides is 1. The second kappa shape index (κ2) is 7.07. The number of imidazole rings is 1. The summed E-state index contributed by atoms with van der Waals surface area (Å²) in [6.45, 7) is 1.49. The Morgan fingerprint density at radius 1 is 1.24 bits per heavy atom. The summed E-state index contributed by atoms with van der Waals surface area (Å²) in [4.78, 5) is 22.2. The summed E-state index contributed by atoms with van der Waals surface area (Å²) in [6, 6.07) is 0.670. The predicted molar refractivity (Wildman–Crippen MR) is 81.8 cm³/mol. The van der Waals surface area contributed by atoms with Gasteiger partial charge in [-0.15, -0.1) is 0 Å². The van der Waals surface area contributed by atoms with E-state index in [4.69, 9.17) is 0 Å². The SMILES string of the molecule is O=C(CN1CCCC[C@@H]1c1ncc[nH]1)NC1CCCCC1. The molecule has 2 aliphatic rings. The van der Waals surface area contributed by atoms with E-state index in [0.29, 0.717) is 12.6 Å². The zero-order valence-corrected chi connectivity index (χ0v) is 12.7. The summed E-state index contributed by atoms with van der Waals surface area (Å²) in [5.74, 6) is 1.18. The Kier molecular flexibility index (Phi) is 4.91. The first kappa shape index (κ1) is 14.6. The Labute approximate surface area is 126 Å². The van der Waals surface area contributed by atoms with E-state index < -0.39 is 0 Å². The van der Waals surface area contributed by atoms with Gasteiger partial charge >= 0.3 is 0 Å². The Morgan fingerprint density at radius 3 is 2.81 bits per heavy atom. The number of hydrogen-bond acceptors (Lipinski definition) is 3. The number of rotatable bonds is 4. The molecule has 1 aliphatic carbocycles. The molecular weight excluding hydrogens is 264 g/mol. The van der Waals surface area contributed by atoms with E-state index in [0.717, 1.165) is 31.6 Å². The highest BCUT2D eigenvalue weighted by atomic mass is 16.2. The van der Waals surface area contributed by atoms with Crippen LogP contribution in [0, 0.1) is 0 Å². The fourth-order valence-electron chi connectivity index (χ4n) is 3.65. The van der Waals surface area contributed by atoms with Crippen LogP contribution in [-0.4, -0.2) is 39.9 Å². The van der Waals surface area contributed by atoms with Crippen LogP contribution in [0.5, 0.6) is 0 Å². The molecule has 1 atom stereocenters. The average molecular weight is 290 g/mol. The Morgan fingerprint density at radius 2 is 2.05 bits per heavy atom. The lowest BCUT2D eigenvalue weighted by Crippen LogP contribution is -2.45. The summed E-state index contributed by atoms with van der Waals surface area (Å²) >= 11 is 0. The minimum absolute atomic E-state index is 0.181.